The van der Waals surface area contributed by atoms with Crippen molar-refractivity contribution in [3.05, 3.63) is 94.9 Å². The normalized spacial score (nSPS) is 10.6. The summed E-state index contributed by atoms with van der Waals surface area (Å²) < 4.78 is 5.71. The molecule has 1 aromatic heterocycles. The Labute approximate surface area is 169 Å². The van der Waals surface area contributed by atoms with Crippen LogP contribution >= 0.6 is 15.9 Å². The highest BCUT2D eigenvalue weighted by molar-refractivity contribution is 9.10. The number of nitrogens with one attached hydrogen (secondary N) is 2. The molecule has 0 aliphatic rings. The fourth-order valence-electron chi connectivity index (χ4n) is 2.90. The van der Waals surface area contributed by atoms with Crippen molar-refractivity contribution >= 4 is 49.9 Å². The Morgan fingerprint density at radius 3 is 2.39 bits per heavy atom. The number of rotatable bonds is 4. The SMILES string of the molecule is O=C(Nc1cccc2ccccc12)c1cccc(NC(=O)c2ccc(Br)o2)c1. The Morgan fingerprint density at radius 2 is 1.57 bits per heavy atom. The standard InChI is InChI=1S/C22H15BrN2O3/c23-20-12-11-19(28-20)22(27)24-16-8-3-7-15(13-16)21(26)25-18-10-4-6-14-5-1-2-9-17(14)18/h1-13H,(H,24,27)(H,25,26). The van der Waals surface area contributed by atoms with E-state index in [1.807, 2.05) is 42.5 Å². The summed E-state index contributed by atoms with van der Waals surface area (Å²) in [7, 11) is 0. The van der Waals surface area contributed by atoms with Crippen molar-refractivity contribution in [1.29, 1.82) is 0 Å². The van der Waals surface area contributed by atoms with Crippen LogP contribution in [0, 0.1) is 0 Å². The number of fused-ring (bicyclic) bond motifs is 1. The quantitative estimate of drug-likeness (QED) is 0.432. The third-order valence-corrected chi connectivity index (χ3v) is 4.64. The van der Waals surface area contributed by atoms with Crippen LogP contribution in [-0.2, 0) is 0 Å². The molecule has 5 nitrogen and oxygen atoms in total. The van der Waals surface area contributed by atoms with Crippen LogP contribution in [0.15, 0.2) is 87.9 Å². The molecule has 0 aliphatic heterocycles. The van der Waals surface area contributed by atoms with E-state index in [0.29, 0.717) is 15.9 Å². The Bertz CT molecular complexity index is 1180. The van der Waals surface area contributed by atoms with Gasteiger partial charge in [0, 0.05) is 22.3 Å². The van der Waals surface area contributed by atoms with E-state index in [4.69, 9.17) is 4.42 Å². The number of hydrogen-bond donors (Lipinski definition) is 2. The summed E-state index contributed by atoms with van der Waals surface area (Å²) in [4.78, 5) is 24.9. The monoisotopic (exact) mass is 434 g/mol. The highest BCUT2D eigenvalue weighted by Gasteiger charge is 2.13. The first-order valence-electron chi connectivity index (χ1n) is 8.56. The van der Waals surface area contributed by atoms with E-state index >= 15 is 0 Å². The number of carbonyl (C=O) groups is 2. The molecule has 0 aliphatic carbocycles. The van der Waals surface area contributed by atoms with Crippen LogP contribution in [0.25, 0.3) is 10.8 Å². The lowest BCUT2D eigenvalue weighted by molar-refractivity contribution is 0.0992. The number of halogens is 1. The Kier molecular flexibility index (Phi) is 4.95. The van der Waals surface area contributed by atoms with Crippen LogP contribution in [0.2, 0.25) is 0 Å². The molecule has 0 unspecified atom stereocenters. The van der Waals surface area contributed by atoms with E-state index < -0.39 is 5.91 Å². The lowest BCUT2D eigenvalue weighted by Crippen LogP contribution is -2.14. The second-order valence-electron chi connectivity index (χ2n) is 6.12. The molecule has 28 heavy (non-hydrogen) atoms. The zero-order valence-electron chi connectivity index (χ0n) is 14.6. The summed E-state index contributed by atoms with van der Waals surface area (Å²) >= 11 is 3.17. The van der Waals surface area contributed by atoms with Crippen LogP contribution in [0.5, 0.6) is 0 Å². The molecule has 6 heteroatoms. The minimum Gasteiger partial charge on any atom is -0.444 e. The fourth-order valence-corrected chi connectivity index (χ4v) is 3.20. The van der Waals surface area contributed by atoms with E-state index in [9.17, 15) is 9.59 Å². The Morgan fingerprint density at radius 1 is 0.786 bits per heavy atom. The molecule has 4 aromatic rings. The van der Waals surface area contributed by atoms with E-state index in [-0.39, 0.29) is 11.7 Å². The summed E-state index contributed by atoms with van der Waals surface area (Å²) in [5.41, 5.74) is 1.67. The van der Waals surface area contributed by atoms with E-state index in [1.54, 1.807) is 36.4 Å². The summed E-state index contributed by atoms with van der Waals surface area (Å²) in [6.07, 6.45) is 0. The topological polar surface area (TPSA) is 71.3 Å². The van der Waals surface area contributed by atoms with E-state index in [1.165, 1.54) is 0 Å². The number of benzene rings is 3. The smallest absolute Gasteiger partial charge is 0.291 e. The summed E-state index contributed by atoms with van der Waals surface area (Å²) in [5, 5.41) is 7.68. The van der Waals surface area contributed by atoms with Crippen LogP contribution < -0.4 is 10.6 Å². The first-order valence-corrected chi connectivity index (χ1v) is 9.35. The molecule has 0 saturated heterocycles. The number of anilines is 2. The van der Waals surface area contributed by atoms with Crippen molar-refractivity contribution in [1.82, 2.24) is 0 Å². The number of amides is 2. The number of carbonyl (C=O) groups excluding carboxylic acids is 2. The highest BCUT2D eigenvalue weighted by Crippen LogP contribution is 2.24. The van der Waals surface area contributed by atoms with Crippen LogP contribution in [0.3, 0.4) is 0 Å². The molecule has 0 bridgehead atoms. The van der Waals surface area contributed by atoms with Gasteiger partial charge in [0.25, 0.3) is 11.8 Å². The van der Waals surface area contributed by atoms with Gasteiger partial charge in [0.2, 0.25) is 0 Å². The Hall–Kier alpha value is -3.38. The van der Waals surface area contributed by atoms with Crippen molar-refractivity contribution in [3.8, 4) is 0 Å². The molecule has 0 spiro atoms. The first kappa shape index (κ1) is 18.0. The number of furan rings is 1. The average Bonchev–Trinajstić information content (AvgIpc) is 3.15. The second kappa shape index (κ2) is 7.70. The van der Waals surface area contributed by atoms with Crippen molar-refractivity contribution in [2.24, 2.45) is 0 Å². The summed E-state index contributed by atoms with van der Waals surface area (Å²) in [6, 6.07) is 23.5. The van der Waals surface area contributed by atoms with Crippen molar-refractivity contribution in [3.63, 3.8) is 0 Å². The van der Waals surface area contributed by atoms with Gasteiger partial charge in [-0.2, -0.15) is 0 Å². The van der Waals surface area contributed by atoms with Gasteiger partial charge in [-0.05, 0) is 57.7 Å². The van der Waals surface area contributed by atoms with E-state index in [0.717, 1.165) is 16.5 Å². The van der Waals surface area contributed by atoms with Gasteiger partial charge in [0.15, 0.2) is 10.4 Å². The predicted molar refractivity (Wildman–Crippen MR) is 113 cm³/mol. The molecule has 0 saturated carbocycles. The lowest BCUT2D eigenvalue weighted by atomic mass is 10.1. The van der Waals surface area contributed by atoms with Crippen LogP contribution in [-0.4, -0.2) is 11.8 Å². The maximum atomic E-state index is 12.7. The molecule has 2 N–H and O–H groups in total. The van der Waals surface area contributed by atoms with Gasteiger partial charge < -0.3 is 15.1 Å². The minimum atomic E-state index is -0.391. The zero-order chi connectivity index (χ0) is 19.5. The van der Waals surface area contributed by atoms with Gasteiger partial charge in [-0.1, -0.05) is 42.5 Å². The van der Waals surface area contributed by atoms with Gasteiger partial charge >= 0.3 is 0 Å². The predicted octanol–water partition coefficient (Wildman–Crippen LogP) is 5.70. The van der Waals surface area contributed by atoms with Crippen molar-refractivity contribution in [2.45, 2.75) is 0 Å². The maximum absolute atomic E-state index is 12.7. The lowest BCUT2D eigenvalue weighted by Gasteiger charge is -2.10. The van der Waals surface area contributed by atoms with Gasteiger partial charge in [0.05, 0.1) is 0 Å². The van der Waals surface area contributed by atoms with Gasteiger partial charge in [-0.15, -0.1) is 0 Å². The van der Waals surface area contributed by atoms with Crippen molar-refractivity contribution in [2.75, 3.05) is 10.6 Å². The highest BCUT2D eigenvalue weighted by atomic mass is 79.9. The van der Waals surface area contributed by atoms with E-state index in [2.05, 4.69) is 26.6 Å². The molecule has 3 aromatic carbocycles. The average molecular weight is 435 g/mol. The molecule has 0 radical (unpaired) electrons. The molecular formula is C22H15BrN2O3. The van der Waals surface area contributed by atoms with Crippen LogP contribution in [0.1, 0.15) is 20.9 Å². The zero-order valence-corrected chi connectivity index (χ0v) is 16.2. The Balaban J connectivity index is 1.53. The summed E-state index contributed by atoms with van der Waals surface area (Å²) in [5.74, 6) is -0.469. The fraction of sp³-hybridized carbons (Fsp3) is 0. The van der Waals surface area contributed by atoms with Gasteiger partial charge in [-0.25, -0.2) is 0 Å². The third kappa shape index (κ3) is 3.82. The maximum Gasteiger partial charge on any atom is 0.291 e. The van der Waals surface area contributed by atoms with Gasteiger partial charge in [0.1, 0.15) is 0 Å². The van der Waals surface area contributed by atoms with Gasteiger partial charge in [-0.3, -0.25) is 9.59 Å². The third-order valence-electron chi connectivity index (χ3n) is 4.22. The number of hydrogen-bond acceptors (Lipinski definition) is 3. The largest absolute Gasteiger partial charge is 0.444 e. The van der Waals surface area contributed by atoms with Crippen molar-refractivity contribution < 1.29 is 14.0 Å². The molecule has 138 valence electrons. The molecule has 0 atom stereocenters. The molecule has 4 rings (SSSR count). The first-order chi connectivity index (χ1) is 13.6. The molecule has 0 fully saturated rings. The van der Waals surface area contributed by atoms with Crippen LogP contribution in [0.4, 0.5) is 11.4 Å². The molecule has 1 heterocycles. The second-order valence-corrected chi connectivity index (χ2v) is 6.90. The molecule has 2 amide bonds. The molecular weight excluding hydrogens is 420 g/mol. The minimum absolute atomic E-state index is 0.178. The summed E-state index contributed by atoms with van der Waals surface area (Å²) in [6.45, 7) is 0.